The quantitative estimate of drug-likeness (QED) is 0.865. The van der Waals surface area contributed by atoms with Gasteiger partial charge in [0, 0.05) is 25.3 Å². The molecule has 2 fully saturated rings. The summed E-state index contributed by atoms with van der Waals surface area (Å²) in [5, 5.41) is 20.7. The Morgan fingerprint density at radius 1 is 1.16 bits per heavy atom. The minimum Gasteiger partial charge on any atom is -0.478 e. The average molecular weight is 345 g/mol. The molecule has 0 saturated carbocycles. The highest BCUT2D eigenvalue weighted by atomic mass is 16.4. The first-order valence-corrected chi connectivity index (χ1v) is 9.50. The van der Waals surface area contributed by atoms with Gasteiger partial charge in [0.1, 0.15) is 11.4 Å². The number of rotatable bonds is 4. The monoisotopic (exact) mass is 345 g/mol. The van der Waals surface area contributed by atoms with Gasteiger partial charge in [-0.05, 0) is 63.2 Å². The second kappa shape index (κ2) is 6.57. The van der Waals surface area contributed by atoms with Gasteiger partial charge in [0.15, 0.2) is 0 Å². The lowest BCUT2D eigenvalue weighted by Crippen LogP contribution is -2.47. The van der Waals surface area contributed by atoms with Crippen molar-refractivity contribution in [2.45, 2.75) is 50.5 Å². The number of nitrogens with zero attached hydrogens (tertiary/aromatic N) is 3. The van der Waals surface area contributed by atoms with Crippen molar-refractivity contribution in [3.05, 3.63) is 22.9 Å². The first-order valence-electron chi connectivity index (χ1n) is 9.50. The van der Waals surface area contributed by atoms with E-state index in [1.807, 2.05) is 4.90 Å². The minimum atomic E-state index is -0.927. The maximum Gasteiger partial charge on any atom is 0.339 e. The number of pyridine rings is 1. The molecule has 0 unspecified atom stereocenters. The Balaban J connectivity index is 1.54. The predicted molar refractivity (Wildman–Crippen MR) is 95.3 cm³/mol. The topological polar surface area (TPSA) is 76.9 Å². The molecule has 1 aromatic heterocycles. The van der Waals surface area contributed by atoms with E-state index in [0.717, 1.165) is 43.6 Å². The molecule has 1 aliphatic carbocycles. The Morgan fingerprint density at radius 2 is 1.96 bits per heavy atom. The molecule has 4 rings (SSSR count). The Kier molecular flexibility index (Phi) is 4.41. The van der Waals surface area contributed by atoms with Crippen molar-refractivity contribution in [1.82, 2.24) is 9.88 Å². The molecule has 3 heterocycles. The number of carboxylic acid groups (broad SMARTS) is 1. The van der Waals surface area contributed by atoms with E-state index in [0.29, 0.717) is 31.9 Å². The first-order chi connectivity index (χ1) is 12.0. The molecule has 1 atom stereocenters. The van der Waals surface area contributed by atoms with Gasteiger partial charge in [-0.1, -0.05) is 6.42 Å². The van der Waals surface area contributed by atoms with Gasteiger partial charge >= 0.3 is 5.97 Å². The zero-order valence-electron chi connectivity index (χ0n) is 14.7. The summed E-state index contributed by atoms with van der Waals surface area (Å²) in [6, 6.07) is 1.80. The lowest BCUT2D eigenvalue weighted by atomic mass is 10.0. The zero-order valence-corrected chi connectivity index (χ0v) is 14.7. The van der Waals surface area contributed by atoms with Crippen LogP contribution in [0.5, 0.6) is 0 Å². The van der Waals surface area contributed by atoms with Crippen LogP contribution in [0, 0.1) is 0 Å². The second-order valence-electron chi connectivity index (χ2n) is 7.86. The van der Waals surface area contributed by atoms with Gasteiger partial charge in [-0.15, -0.1) is 0 Å². The summed E-state index contributed by atoms with van der Waals surface area (Å²) in [4.78, 5) is 20.7. The molecule has 2 N–H and O–H groups in total. The Morgan fingerprint density at radius 3 is 2.72 bits per heavy atom. The van der Waals surface area contributed by atoms with Crippen LogP contribution in [0.25, 0.3) is 0 Å². The molecular weight excluding hydrogens is 318 g/mol. The second-order valence-corrected chi connectivity index (χ2v) is 7.86. The molecule has 1 aromatic rings. The standard InChI is InChI=1S/C19H27N3O3/c23-18(24)15-11-14-5-4-6-16(14)20-17(15)22-10-7-19(25,13-22)12-21-8-2-1-3-9-21/h11,25H,1-10,12-13H2,(H,23,24)/t19-/m0/s1. The fraction of sp³-hybridized carbons (Fsp3) is 0.684. The third-order valence-corrected chi connectivity index (χ3v) is 5.86. The van der Waals surface area contributed by atoms with E-state index >= 15 is 0 Å². The molecule has 3 aliphatic rings. The Hall–Kier alpha value is -1.66. The van der Waals surface area contributed by atoms with Crippen LogP contribution >= 0.6 is 0 Å². The van der Waals surface area contributed by atoms with Gasteiger partial charge in [-0.3, -0.25) is 0 Å². The van der Waals surface area contributed by atoms with Crippen LogP contribution in [0.2, 0.25) is 0 Å². The maximum atomic E-state index is 11.7. The van der Waals surface area contributed by atoms with Gasteiger partial charge in [-0.25, -0.2) is 9.78 Å². The number of aliphatic hydroxyl groups is 1. The molecule has 6 nitrogen and oxygen atoms in total. The van der Waals surface area contributed by atoms with Crippen LogP contribution in [0.3, 0.4) is 0 Å². The molecule has 25 heavy (non-hydrogen) atoms. The molecule has 2 saturated heterocycles. The summed E-state index contributed by atoms with van der Waals surface area (Å²) in [6.07, 6.45) is 7.24. The number of anilines is 1. The molecular formula is C19H27N3O3. The van der Waals surface area contributed by atoms with Crippen molar-refractivity contribution in [2.24, 2.45) is 0 Å². The van der Waals surface area contributed by atoms with E-state index in [1.54, 1.807) is 6.07 Å². The number of carbonyl (C=O) groups is 1. The van der Waals surface area contributed by atoms with Crippen molar-refractivity contribution in [2.75, 3.05) is 37.6 Å². The van der Waals surface area contributed by atoms with Crippen LogP contribution in [0.1, 0.15) is 53.7 Å². The van der Waals surface area contributed by atoms with Gasteiger partial charge in [-0.2, -0.15) is 0 Å². The average Bonchev–Trinajstić information content (AvgIpc) is 3.20. The number of carboxylic acids is 1. The Bertz CT molecular complexity index is 672. The third kappa shape index (κ3) is 3.37. The summed E-state index contributed by atoms with van der Waals surface area (Å²) in [6.45, 7) is 3.92. The summed E-state index contributed by atoms with van der Waals surface area (Å²) < 4.78 is 0. The zero-order chi connectivity index (χ0) is 17.4. The smallest absolute Gasteiger partial charge is 0.339 e. The number of aryl methyl sites for hydroxylation is 2. The maximum absolute atomic E-state index is 11.7. The lowest BCUT2D eigenvalue weighted by molar-refractivity contribution is 0.0169. The van der Waals surface area contributed by atoms with Crippen molar-refractivity contribution in [3.63, 3.8) is 0 Å². The number of fused-ring (bicyclic) bond motifs is 1. The van der Waals surface area contributed by atoms with Crippen LogP contribution in [0.4, 0.5) is 5.82 Å². The van der Waals surface area contributed by atoms with Crippen molar-refractivity contribution >= 4 is 11.8 Å². The van der Waals surface area contributed by atoms with Crippen LogP contribution in [0.15, 0.2) is 6.07 Å². The summed E-state index contributed by atoms with van der Waals surface area (Å²) in [5.41, 5.74) is 1.62. The van der Waals surface area contributed by atoms with E-state index < -0.39 is 11.6 Å². The molecule has 2 aliphatic heterocycles. The number of piperidine rings is 1. The van der Waals surface area contributed by atoms with E-state index in [-0.39, 0.29) is 5.56 Å². The first kappa shape index (κ1) is 16.8. The number of aromatic carboxylic acids is 1. The largest absolute Gasteiger partial charge is 0.478 e. The molecule has 6 heteroatoms. The number of hydrogen-bond donors (Lipinski definition) is 2. The minimum absolute atomic E-state index is 0.280. The summed E-state index contributed by atoms with van der Waals surface area (Å²) in [5.74, 6) is -0.383. The molecule has 0 radical (unpaired) electrons. The number of hydrogen-bond acceptors (Lipinski definition) is 5. The highest BCUT2D eigenvalue weighted by molar-refractivity contribution is 5.93. The van der Waals surface area contributed by atoms with Crippen molar-refractivity contribution in [3.8, 4) is 0 Å². The van der Waals surface area contributed by atoms with E-state index in [2.05, 4.69) is 9.88 Å². The van der Waals surface area contributed by atoms with Crippen LogP contribution < -0.4 is 4.90 Å². The molecule has 0 bridgehead atoms. The van der Waals surface area contributed by atoms with E-state index in [9.17, 15) is 15.0 Å². The molecule has 136 valence electrons. The molecule has 0 spiro atoms. The van der Waals surface area contributed by atoms with E-state index in [1.165, 1.54) is 19.3 Å². The highest BCUT2D eigenvalue weighted by Gasteiger charge is 2.39. The van der Waals surface area contributed by atoms with Gasteiger partial charge < -0.3 is 20.0 Å². The number of β-amino-alcohol motifs (C(OH)–C–C–N with tert-alkyl or cyclic N) is 1. The van der Waals surface area contributed by atoms with Crippen LogP contribution in [-0.4, -0.2) is 64.4 Å². The predicted octanol–water partition coefficient (Wildman–Crippen LogP) is 1.70. The molecule has 0 aromatic carbocycles. The fourth-order valence-corrected chi connectivity index (χ4v) is 4.56. The van der Waals surface area contributed by atoms with Gasteiger partial charge in [0.2, 0.25) is 0 Å². The SMILES string of the molecule is O=C(O)c1cc2c(nc1N1CC[C@](O)(CN3CCCCC3)C1)CCC2. The van der Waals surface area contributed by atoms with Crippen molar-refractivity contribution < 1.29 is 15.0 Å². The Labute approximate surface area is 148 Å². The summed E-state index contributed by atoms with van der Waals surface area (Å²) >= 11 is 0. The van der Waals surface area contributed by atoms with Crippen molar-refractivity contribution in [1.29, 1.82) is 0 Å². The fourth-order valence-electron chi connectivity index (χ4n) is 4.56. The number of aromatic nitrogens is 1. The van der Waals surface area contributed by atoms with E-state index in [4.69, 9.17) is 0 Å². The molecule has 0 amide bonds. The van der Waals surface area contributed by atoms with Gasteiger partial charge in [0.05, 0.1) is 5.60 Å². The summed E-state index contributed by atoms with van der Waals surface area (Å²) in [7, 11) is 0. The normalized spacial score (nSPS) is 26.8. The lowest BCUT2D eigenvalue weighted by Gasteiger charge is -2.33. The van der Waals surface area contributed by atoms with Gasteiger partial charge in [0.25, 0.3) is 0 Å². The van der Waals surface area contributed by atoms with Crippen LogP contribution in [-0.2, 0) is 12.8 Å². The highest BCUT2D eigenvalue weighted by Crippen LogP contribution is 2.32. The number of likely N-dealkylation sites (tertiary alicyclic amines) is 1. The third-order valence-electron chi connectivity index (χ3n) is 5.86.